The quantitative estimate of drug-likeness (QED) is 0.368. The maximum atomic E-state index is 7.97. The fourth-order valence-corrected chi connectivity index (χ4v) is 0.335. The Kier molecular flexibility index (Phi) is 7.97. The van der Waals surface area contributed by atoms with Gasteiger partial charge in [-0.1, -0.05) is 6.58 Å². The summed E-state index contributed by atoms with van der Waals surface area (Å²) in [5, 5.41) is 0. The molecule has 0 aliphatic carbocycles. The standard InChI is InChI=1S/C2H6O4Si.Rb/c1-2-6-7(3,4)5;/h2-5H,1H2;. The van der Waals surface area contributed by atoms with E-state index in [0.29, 0.717) is 0 Å². The van der Waals surface area contributed by atoms with Gasteiger partial charge in [0.05, 0.1) is 6.26 Å². The van der Waals surface area contributed by atoms with Crippen molar-refractivity contribution in [3.8, 4) is 0 Å². The van der Waals surface area contributed by atoms with Crippen molar-refractivity contribution in [1.82, 2.24) is 0 Å². The van der Waals surface area contributed by atoms with Crippen molar-refractivity contribution < 1.29 is 18.8 Å². The smallest absolute Gasteiger partial charge is 0.488 e. The Morgan fingerprint density at radius 1 is 1.38 bits per heavy atom. The third-order valence-corrected chi connectivity index (χ3v) is 0.724. The molecule has 0 aliphatic heterocycles. The van der Waals surface area contributed by atoms with Crippen molar-refractivity contribution in [2.45, 2.75) is 0 Å². The Bertz CT molecular complexity index is 68.9. The van der Waals surface area contributed by atoms with Crippen LogP contribution in [-0.2, 0) is 4.43 Å². The largest absolute Gasteiger partial charge is 0.740 e. The van der Waals surface area contributed by atoms with Crippen molar-refractivity contribution >= 4 is 67.2 Å². The second-order valence-corrected chi connectivity index (χ2v) is 2.24. The summed E-state index contributed by atoms with van der Waals surface area (Å²) in [7, 11) is -4.28. The molecule has 0 fully saturated rings. The third-order valence-electron chi connectivity index (χ3n) is 0.241. The van der Waals surface area contributed by atoms with Gasteiger partial charge in [0.25, 0.3) is 0 Å². The summed E-state index contributed by atoms with van der Waals surface area (Å²) in [6.07, 6.45) is 0.770. The van der Waals surface area contributed by atoms with Gasteiger partial charge in [-0.2, -0.15) is 0 Å². The molecule has 0 rings (SSSR count). The molecular formula is C2H6O4RbSi. The fourth-order valence-electron chi connectivity index (χ4n) is 0.112. The van der Waals surface area contributed by atoms with Crippen LogP contribution >= 0.6 is 0 Å². The van der Waals surface area contributed by atoms with Crippen LogP contribution in [0.25, 0.3) is 0 Å². The molecule has 0 unspecified atom stereocenters. The second-order valence-electron chi connectivity index (χ2n) is 0.858. The summed E-state index contributed by atoms with van der Waals surface area (Å²) in [6, 6.07) is 0. The van der Waals surface area contributed by atoms with E-state index in [4.69, 9.17) is 14.4 Å². The van der Waals surface area contributed by atoms with Gasteiger partial charge in [0.2, 0.25) is 0 Å². The number of hydrogen-bond acceptors (Lipinski definition) is 4. The summed E-state index contributed by atoms with van der Waals surface area (Å²) in [5.41, 5.74) is 0. The molecule has 4 nitrogen and oxygen atoms in total. The molecule has 0 amide bonds. The van der Waals surface area contributed by atoms with Crippen LogP contribution in [0.3, 0.4) is 0 Å². The van der Waals surface area contributed by atoms with Gasteiger partial charge in [0.1, 0.15) is 0 Å². The van der Waals surface area contributed by atoms with E-state index in [-0.39, 0.29) is 58.2 Å². The molecular weight excluding hydrogens is 202 g/mol. The molecule has 0 aromatic heterocycles. The van der Waals surface area contributed by atoms with E-state index in [1.165, 1.54) is 0 Å². The zero-order chi connectivity index (χ0) is 5.91. The van der Waals surface area contributed by atoms with Gasteiger partial charge in [-0.15, -0.1) is 0 Å². The van der Waals surface area contributed by atoms with Crippen LogP contribution in [0.5, 0.6) is 0 Å². The van der Waals surface area contributed by atoms with Gasteiger partial charge in [-0.05, 0) is 0 Å². The molecule has 6 heteroatoms. The average molecular weight is 208 g/mol. The SMILES string of the molecule is C=CO[Si](O)(O)O.[Rb]. The molecule has 0 bridgehead atoms. The molecule has 0 heterocycles. The second kappa shape index (κ2) is 5.24. The molecule has 0 aromatic rings. The minimum Gasteiger partial charge on any atom is -0.488 e. The van der Waals surface area contributed by atoms with Gasteiger partial charge >= 0.3 is 9.05 Å². The zero-order valence-electron chi connectivity index (χ0n) is 4.53. The summed E-state index contributed by atoms with van der Waals surface area (Å²) < 4.78 is 3.80. The fraction of sp³-hybridized carbons (Fsp3) is 0. The Morgan fingerprint density at radius 3 is 1.75 bits per heavy atom. The Labute approximate surface area is 97.1 Å². The first-order valence-electron chi connectivity index (χ1n) is 1.52. The number of hydrogen-bond donors (Lipinski definition) is 3. The molecule has 1 radical (unpaired) electrons. The number of rotatable bonds is 2. The average Bonchev–Trinajstić information content (AvgIpc) is 1.30. The predicted octanol–water partition coefficient (Wildman–Crippen LogP) is -1.82. The van der Waals surface area contributed by atoms with E-state index >= 15 is 0 Å². The van der Waals surface area contributed by atoms with Crippen molar-refractivity contribution in [3.05, 3.63) is 12.8 Å². The minimum atomic E-state index is -4.28. The van der Waals surface area contributed by atoms with E-state index < -0.39 is 9.05 Å². The van der Waals surface area contributed by atoms with E-state index in [2.05, 4.69) is 11.0 Å². The van der Waals surface area contributed by atoms with Crippen LogP contribution < -0.4 is 0 Å². The van der Waals surface area contributed by atoms with Crippen LogP contribution in [-0.4, -0.2) is 81.6 Å². The topological polar surface area (TPSA) is 69.9 Å². The van der Waals surface area contributed by atoms with E-state index in [1.54, 1.807) is 0 Å². The molecule has 0 saturated carbocycles. The van der Waals surface area contributed by atoms with Crippen molar-refractivity contribution in [2.75, 3.05) is 0 Å². The first kappa shape index (κ1) is 12.2. The molecule has 0 spiro atoms. The van der Waals surface area contributed by atoms with Gasteiger partial charge in [0, 0.05) is 58.2 Å². The summed E-state index contributed by atoms with van der Waals surface area (Å²) in [5.74, 6) is 0. The van der Waals surface area contributed by atoms with E-state index in [0.717, 1.165) is 6.26 Å². The van der Waals surface area contributed by atoms with Crippen LogP contribution in [0, 0.1) is 0 Å². The Morgan fingerprint density at radius 2 is 1.75 bits per heavy atom. The molecule has 0 aromatic carbocycles. The van der Waals surface area contributed by atoms with E-state index in [1.807, 2.05) is 0 Å². The van der Waals surface area contributed by atoms with Crippen molar-refractivity contribution in [2.24, 2.45) is 0 Å². The normalized spacial score (nSPS) is 9.38. The van der Waals surface area contributed by atoms with Crippen molar-refractivity contribution in [1.29, 1.82) is 0 Å². The Balaban J connectivity index is 0. The van der Waals surface area contributed by atoms with Crippen LogP contribution in [0.15, 0.2) is 12.8 Å². The summed E-state index contributed by atoms with van der Waals surface area (Å²) in [6.45, 7) is 2.98. The molecule has 3 N–H and O–H groups in total. The molecule has 0 aliphatic rings. The predicted molar refractivity (Wildman–Crippen MR) is 29.4 cm³/mol. The van der Waals surface area contributed by atoms with Gasteiger partial charge in [-0.25, -0.2) is 0 Å². The summed E-state index contributed by atoms with van der Waals surface area (Å²) in [4.78, 5) is 23.9. The maximum absolute atomic E-state index is 7.97. The first-order valence-corrected chi connectivity index (χ1v) is 3.27. The molecule has 0 saturated heterocycles. The van der Waals surface area contributed by atoms with E-state index in [9.17, 15) is 0 Å². The van der Waals surface area contributed by atoms with Gasteiger partial charge in [-0.3, -0.25) is 0 Å². The van der Waals surface area contributed by atoms with Crippen LogP contribution in [0.4, 0.5) is 0 Å². The first-order chi connectivity index (χ1) is 3.06. The third kappa shape index (κ3) is 10.4. The molecule has 0 atom stereocenters. The minimum absolute atomic E-state index is 0. The van der Waals surface area contributed by atoms with Gasteiger partial charge in [0.15, 0.2) is 0 Å². The zero-order valence-corrected chi connectivity index (χ0v) is 10.5. The van der Waals surface area contributed by atoms with Gasteiger partial charge < -0.3 is 18.8 Å². The molecule has 8 heavy (non-hydrogen) atoms. The maximum Gasteiger partial charge on any atom is 0.740 e. The van der Waals surface area contributed by atoms with Crippen LogP contribution in [0.1, 0.15) is 0 Å². The molecule has 43 valence electrons. The summed E-state index contributed by atoms with van der Waals surface area (Å²) >= 11 is 0. The van der Waals surface area contributed by atoms with Crippen molar-refractivity contribution in [3.63, 3.8) is 0 Å². The Hall–Kier alpha value is 1.44. The monoisotopic (exact) mass is 207 g/mol. The van der Waals surface area contributed by atoms with Crippen LogP contribution in [0.2, 0.25) is 0 Å².